The summed E-state index contributed by atoms with van der Waals surface area (Å²) in [6.45, 7) is 0. The molecule has 1 rings (SSSR count). The molecule has 0 spiro atoms. The van der Waals surface area contributed by atoms with Gasteiger partial charge in [-0.1, -0.05) is 6.07 Å². The van der Waals surface area contributed by atoms with Crippen LogP contribution in [0.4, 0.5) is 0 Å². The zero-order valence-electron chi connectivity index (χ0n) is 4.15. The van der Waals surface area contributed by atoms with Crippen molar-refractivity contribution in [1.29, 1.82) is 0 Å². The Morgan fingerprint density at radius 3 is 3.25 bits per heavy atom. The Hall–Kier alpha value is -0.830. The van der Waals surface area contributed by atoms with Crippen molar-refractivity contribution in [1.82, 2.24) is 4.37 Å². The fourth-order valence-corrected chi connectivity index (χ4v) is 0.584. The van der Waals surface area contributed by atoms with Crippen LogP contribution >= 0.6 is 11.8 Å². The molecule has 0 radical (unpaired) electrons. The number of nitrogens with zero attached hydrogens (tertiary/aromatic N) is 1. The highest BCUT2D eigenvalue weighted by Gasteiger charge is 1.60. The van der Waals surface area contributed by atoms with Crippen molar-refractivity contribution in [2.75, 3.05) is 0 Å². The van der Waals surface area contributed by atoms with Gasteiger partial charge in [0.2, 0.25) is 0 Å². The van der Waals surface area contributed by atoms with E-state index < -0.39 is 0 Å². The van der Waals surface area contributed by atoms with Crippen LogP contribution in [0.2, 0.25) is 0 Å². The molecule has 0 aliphatic rings. The summed E-state index contributed by atoms with van der Waals surface area (Å²) in [5.41, 5.74) is 0. The third-order valence-electron chi connectivity index (χ3n) is 0.589. The van der Waals surface area contributed by atoms with Gasteiger partial charge in [-0.15, -0.1) is 0 Å². The topological polar surface area (TPSA) is 26.0 Å². The third-order valence-corrected chi connectivity index (χ3v) is 0.994. The van der Waals surface area contributed by atoms with Gasteiger partial charge >= 0.3 is 0 Å². The van der Waals surface area contributed by atoms with Gasteiger partial charge in [0.25, 0.3) is 0 Å². The molecule has 0 N–H and O–H groups in total. The molecule has 0 saturated carbocycles. The Balaban J connectivity index is 3.00. The molecule has 0 atom stereocenters. The predicted molar refractivity (Wildman–Crippen MR) is 32.0 cm³/mol. The molecule has 0 saturated heterocycles. The van der Waals surface area contributed by atoms with E-state index in [1.54, 1.807) is 18.5 Å². The van der Waals surface area contributed by atoms with Crippen LogP contribution in [0, 0.1) is 0 Å². The van der Waals surface area contributed by atoms with Crippen molar-refractivity contribution in [3.8, 4) is 0 Å². The zero-order valence-corrected chi connectivity index (χ0v) is 4.97. The van der Waals surface area contributed by atoms with Crippen molar-refractivity contribution in [3.63, 3.8) is 0 Å². The average molecular weight is 127 g/mol. The lowest BCUT2D eigenvalue weighted by molar-refractivity contribution is 0.679. The van der Waals surface area contributed by atoms with Crippen molar-refractivity contribution >= 4 is 11.8 Å². The maximum absolute atomic E-state index is 4.76. The van der Waals surface area contributed by atoms with Crippen molar-refractivity contribution in [2.24, 2.45) is 0 Å². The van der Waals surface area contributed by atoms with Crippen LogP contribution in [0.25, 0.3) is 0 Å². The molecule has 1 aromatic heterocycles. The van der Waals surface area contributed by atoms with Crippen LogP contribution in [0.1, 0.15) is 0 Å². The van der Waals surface area contributed by atoms with Gasteiger partial charge in [0.15, 0.2) is 11.8 Å². The third kappa shape index (κ3) is 1.75. The lowest BCUT2D eigenvalue weighted by atomic mass is 10.6. The van der Waals surface area contributed by atoms with E-state index in [-0.39, 0.29) is 0 Å². The van der Waals surface area contributed by atoms with Crippen LogP contribution in [0.5, 0.6) is 0 Å². The Bertz CT molecular complexity index is 117. The van der Waals surface area contributed by atoms with Gasteiger partial charge in [-0.3, -0.25) is 0 Å². The summed E-state index contributed by atoms with van der Waals surface area (Å²) >= 11 is 1.06. The molecular weight excluding hydrogens is 122 g/mol. The fourth-order valence-electron chi connectivity index (χ4n) is 0.301. The Morgan fingerprint density at radius 1 is 1.25 bits per heavy atom. The van der Waals surface area contributed by atoms with Gasteiger partial charge in [-0.25, -0.2) is 0 Å². The molecule has 0 aliphatic heterocycles. The molecule has 3 heteroatoms. The molecule has 2 nitrogen and oxygen atoms in total. The Morgan fingerprint density at radius 2 is 2.25 bits per heavy atom. The van der Waals surface area contributed by atoms with E-state index in [0.29, 0.717) is 0 Å². The summed E-state index contributed by atoms with van der Waals surface area (Å²) in [6, 6.07) is 5.49. The van der Waals surface area contributed by atoms with E-state index in [9.17, 15) is 0 Å². The van der Waals surface area contributed by atoms with E-state index in [1.807, 2.05) is 12.1 Å². The summed E-state index contributed by atoms with van der Waals surface area (Å²) in [6.07, 6.45) is 3.26. The monoisotopic (exact) mass is 127 g/mol. The molecule has 8 heavy (non-hydrogen) atoms. The smallest absolute Gasteiger partial charge is 0.151 e. The van der Waals surface area contributed by atoms with Crippen LogP contribution < -0.4 is 0 Å². The SMILES string of the molecule is c1ccnsocc1. The van der Waals surface area contributed by atoms with Gasteiger partial charge in [-0.2, -0.15) is 4.37 Å². The molecular formula is C5H5NOS. The first-order valence-corrected chi connectivity index (χ1v) is 2.87. The lowest BCUT2D eigenvalue weighted by Crippen LogP contribution is -1.51. The second-order valence-corrected chi connectivity index (χ2v) is 1.69. The predicted octanol–water partition coefficient (Wildman–Crippen LogP) is 1.86. The van der Waals surface area contributed by atoms with E-state index in [4.69, 9.17) is 3.85 Å². The first-order chi connectivity index (χ1) is 4.00. The van der Waals surface area contributed by atoms with E-state index in [0.717, 1.165) is 11.8 Å². The number of rotatable bonds is 0. The van der Waals surface area contributed by atoms with Crippen LogP contribution in [0.3, 0.4) is 0 Å². The van der Waals surface area contributed by atoms with Crippen LogP contribution in [-0.2, 0) is 0 Å². The van der Waals surface area contributed by atoms with Gasteiger partial charge in [0.05, 0.1) is 0 Å². The molecule has 0 aliphatic carbocycles. The minimum Gasteiger partial charge on any atom is -0.393 e. The largest absolute Gasteiger partial charge is 0.393 e. The van der Waals surface area contributed by atoms with Crippen molar-refractivity contribution in [3.05, 3.63) is 30.7 Å². The molecule has 0 fully saturated rings. The summed E-state index contributed by atoms with van der Waals surface area (Å²) in [4.78, 5) is 0. The lowest BCUT2D eigenvalue weighted by Gasteiger charge is -1.69. The minimum absolute atomic E-state index is 1.06. The molecule has 1 aromatic rings. The highest BCUT2D eigenvalue weighted by molar-refractivity contribution is 6.95. The number of hydrogen-bond acceptors (Lipinski definition) is 3. The Labute approximate surface area is 51.5 Å². The van der Waals surface area contributed by atoms with Crippen LogP contribution in [-0.4, -0.2) is 4.37 Å². The zero-order chi connectivity index (χ0) is 5.66. The second-order valence-electron chi connectivity index (χ2n) is 1.14. The van der Waals surface area contributed by atoms with Gasteiger partial charge in [0, 0.05) is 6.20 Å². The summed E-state index contributed by atoms with van der Waals surface area (Å²) in [5, 5.41) is 0. The van der Waals surface area contributed by atoms with Gasteiger partial charge < -0.3 is 3.85 Å². The van der Waals surface area contributed by atoms with E-state index in [2.05, 4.69) is 4.37 Å². The highest BCUT2D eigenvalue weighted by atomic mass is 32.1. The number of aromatic nitrogens is 1. The summed E-state index contributed by atoms with van der Waals surface area (Å²) in [5.74, 6) is 0. The fraction of sp³-hybridized carbons (Fsp3) is 0. The average Bonchev–Trinajstić information content (AvgIpc) is 1.62. The second kappa shape index (κ2) is 3.21. The maximum atomic E-state index is 4.76. The molecule has 42 valence electrons. The van der Waals surface area contributed by atoms with Crippen LogP contribution in [0.15, 0.2) is 34.5 Å². The normalized spacial score (nSPS) is 8.00. The molecule has 0 bridgehead atoms. The van der Waals surface area contributed by atoms with E-state index in [1.165, 1.54) is 0 Å². The maximum Gasteiger partial charge on any atom is 0.151 e. The minimum atomic E-state index is 1.06. The van der Waals surface area contributed by atoms with E-state index >= 15 is 0 Å². The first kappa shape index (κ1) is 5.31. The summed E-state index contributed by atoms with van der Waals surface area (Å²) < 4.78 is 8.52. The molecule has 0 aromatic carbocycles. The summed E-state index contributed by atoms with van der Waals surface area (Å²) in [7, 11) is 0. The molecule has 0 amide bonds. The number of hydrogen-bond donors (Lipinski definition) is 0. The van der Waals surface area contributed by atoms with Gasteiger partial charge in [0.1, 0.15) is 6.26 Å². The molecule has 0 unspecified atom stereocenters. The Kier molecular flexibility index (Phi) is 2.13. The molecule has 1 heterocycles. The standard InChI is InChI=1S/C5H5NOS/c1-2-4-6-8-7-5-3-1/h1-5H. The van der Waals surface area contributed by atoms with Gasteiger partial charge in [-0.05, 0) is 12.1 Å². The highest BCUT2D eigenvalue weighted by Crippen LogP contribution is 1.83. The van der Waals surface area contributed by atoms with Crippen molar-refractivity contribution in [2.45, 2.75) is 0 Å². The first-order valence-electron chi connectivity index (χ1n) is 2.18. The van der Waals surface area contributed by atoms with Crippen molar-refractivity contribution < 1.29 is 3.85 Å². The quantitative estimate of drug-likeness (QED) is 0.531.